The highest BCUT2D eigenvalue weighted by Crippen LogP contribution is 2.31. The Morgan fingerprint density at radius 3 is 2.86 bits per heavy atom. The first kappa shape index (κ1) is 12.5. The molecule has 3 nitrogen and oxygen atoms in total. The fourth-order valence-corrected chi connectivity index (χ4v) is 3.36. The first-order valence-corrected chi connectivity index (χ1v) is 7.63. The van der Waals surface area contributed by atoms with E-state index in [0.29, 0.717) is 5.92 Å². The highest BCUT2D eigenvalue weighted by molar-refractivity contribution is 5.76. The number of nitrogens with one attached hydrogen (secondary N) is 1. The highest BCUT2D eigenvalue weighted by Gasteiger charge is 2.24. The summed E-state index contributed by atoms with van der Waals surface area (Å²) >= 11 is 0. The normalized spacial score (nSPS) is 17.5. The Morgan fingerprint density at radius 1 is 1.14 bits per heavy atom. The lowest BCUT2D eigenvalue weighted by Crippen LogP contribution is -2.24. The number of hydrogen-bond donors (Lipinski definition) is 1. The molecule has 1 aliphatic rings. The van der Waals surface area contributed by atoms with E-state index >= 15 is 0 Å². The lowest BCUT2D eigenvalue weighted by Gasteiger charge is -2.26. The monoisotopic (exact) mass is 277 g/mol. The molecule has 0 saturated carbocycles. The van der Waals surface area contributed by atoms with Crippen molar-refractivity contribution >= 4 is 16.7 Å². The predicted molar refractivity (Wildman–Crippen MR) is 86.8 cm³/mol. The molecule has 2 aromatic carbocycles. The second-order valence-corrected chi connectivity index (χ2v) is 5.64. The van der Waals surface area contributed by atoms with Crippen LogP contribution in [-0.4, -0.2) is 16.1 Å². The third-order valence-corrected chi connectivity index (χ3v) is 4.39. The van der Waals surface area contributed by atoms with Crippen LogP contribution < -0.4 is 5.32 Å². The lowest BCUT2D eigenvalue weighted by atomic mass is 9.93. The topological polar surface area (TPSA) is 29.9 Å². The molecule has 4 rings (SSSR count). The van der Waals surface area contributed by atoms with Crippen LogP contribution in [0.1, 0.15) is 24.2 Å². The molecule has 3 aromatic rings. The van der Waals surface area contributed by atoms with Gasteiger partial charge in [-0.2, -0.15) is 0 Å². The van der Waals surface area contributed by atoms with Crippen molar-refractivity contribution in [2.45, 2.75) is 25.8 Å². The molecule has 0 amide bonds. The van der Waals surface area contributed by atoms with E-state index in [1.807, 2.05) is 0 Å². The van der Waals surface area contributed by atoms with Gasteiger partial charge in [-0.3, -0.25) is 0 Å². The number of fused-ring (bicyclic) bond motifs is 2. The average molecular weight is 277 g/mol. The Kier molecular flexibility index (Phi) is 2.92. The first-order valence-electron chi connectivity index (χ1n) is 7.63. The molecule has 0 fully saturated rings. The molecule has 0 spiro atoms. The Bertz CT molecular complexity index is 788. The fourth-order valence-electron chi connectivity index (χ4n) is 3.36. The third kappa shape index (κ3) is 2.00. The van der Waals surface area contributed by atoms with Gasteiger partial charge in [0, 0.05) is 24.7 Å². The molecular weight excluding hydrogens is 258 g/mol. The minimum absolute atomic E-state index is 0.437. The Hall–Kier alpha value is -2.29. The average Bonchev–Trinajstić information content (AvgIpc) is 2.93. The van der Waals surface area contributed by atoms with Crippen LogP contribution in [0.15, 0.2) is 48.5 Å². The molecular formula is C18H19N3. The number of benzene rings is 2. The van der Waals surface area contributed by atoms with Crippen LogP contribution in [0.3, 0.4) is 0 Å². The van der Waals surface area contributed by atoms with Crippen LogP contribution in [0.2, 0.25) is 0 Å². The van der Waals surface area contributed by atoms with Gasteiger partial charge in [-0.1, -0.05) is 30.3 Å². The van der Waals surface area contributed by atoms with E-state index in [-0.39, 0.29) is 0 Å². The number of aryl methyl sites for hydroxylation is 1. The van der Waals surface area contributed by atoms with E-state index < -0.39 is 0 Å². The molecule has 0 aliphatic carbocycles. The number of nitrogens with zero attached hydrogens (tertiary/aromatic N) is 2. The zero-order valence-corrected chi connectivity index (χ0v) is 12.2. The molecule has 1 N–H and O–H groups in total. The lowest BCUT2D eigenvalue weighted by molar-refractivity contribution is 0.599. The van der Waals surface area contributed by atoms with Gasteiger partial charge < -0.3 is 9.88 Å². The molecule has 1 unspecified atom stereocenters. The van der Waals surface area contributed by atoms with Gasteiger partial charge in [0.25, 0.3) is 0 Å². The van der Waals surface area contributed by atoms with Crippen LogP contribution in [0.25, 0.3) is 11.0 Å². The third-order valence-electron chi connectivity index (χ3n) is 4.39. The second kappa shape index (κ2) is 4.92. The van der Waals surface area contributed by atoms with E-state index in [1.165, 1.54) is 22.6 Å². The van der Waals surface area contributed by atoms with Gasteiger partial charge in [0.15, 0.2) is 0 Å². The van der Waals surface area contributed by atoms with Gasteiger partial charge >= 0.3 is 0 Å². The number of rotatable bonds is 2. The highest BCUT2D eigenvalue weighted by atomic mass is 15.1. The Morgan fingerprint density at radius 2 is 1.95 bits per heavy atom. The van der Waals surface area contributed by atoms with Crippen molar-refractivity contribution in [1.82, 2.24) is 9.55 Å². The minimum Gasteiger partial charge on any atom is -0.384 e. The van der Waals surface area contributed by atoms with Crippen molar-refractivity contribution < 1.29 is 0 Å². The van der Waals surface area contributed by atoms with Crippen molar-refractivity contribution in [3.63, 3.8) is 0 Å². The molecule has 2 heterocycles. The summed E-state index contributed by atoms with van der Waals surface area (Å²) in [7, 11) is 0. The fraction of sp³-hybridized carbons (Fsp3) is 0.278. The maximum Gasteiger partial charge on any atom is 0.115 e. The number of anilines is 1. The summed E-state index contributed by atoms with van der Waals surface area (Å²) in [5.74, 6) is 1.65. The van der Waals surface area contributed by atoms with E-state index in [4.69, 9.17) is 4.98 Å². The van der Waals surface area contributed by atoms with Crippen LogP contribution in [0, 0.1) is 0 Å². The van der Waals surface area contributed by atoms with Gasteiger partial charge in [0.05, 0.1) is 11.0 Å². The van der Waals surface area contributed by atoms with Crippen molar-refractivity contribution in [3.8, 4) is 0 Å². The Balaban J connectivity index is 1.78. The van der Waals surface area contributed by atoms with Gasteiger partial charge in [-0.15, -0.1) is 0 Å². The van der Waals surface area contributed by atoms with Crippen LogP contribution in [0.4, 0.5) is 5.69 Å². The number of aromatic nitrogens is 2. The van der Waals surface area contributed by atoms with Crippen molar-refractivity contribution in [1.29, 1.82) is 0 Å². The molecule has 0 radical (unpaired) electrons. The van der Waals surface area contributed by atoms with Crippen molar-refractivity contribution in [3.05, 3.63) is 59.9 Å². The van der Waals surface area contributed by atoms with E-state index in [1.54, 1.807) is 0 Å². The van der Waals surface area contributed by atoms with Gasteiger partial charge in [0.2, 0.25) is 0 Å². The molecule has 3 heteroatoms. The van der Waals surface area contributed by atoms with E-state index in [0.717, 1.165) is 25.0 Å². The van der Waals surface area contributed by atoms with Crippen molar-refractivity contribution in [2.75, 3.05) is 11.9 Å². The zero-order chi connectivity index (χ0) is 14.2. The molecule has 1 aromatic heterocycles. The van der Waals surface area contributed by atoms with E-state index in [2.05, 4.69) is 65.3 Å². The summed E-state index contributed by atoms with van der Waals surface area (Å²) in [6.07, 6.45) is 1.06. The van der Waals surface area contributed by atoms with E-state index in [9.17, 15) is 0 Å². The summed E-state index contributed by atoms with van der Waals surface area (Å²) < 4.78 is 2.36. The molecule has 1 atom stereocenters. The Labute approximate surface area is 124 Å². The summed E-state index contributed by atoms with van der Waals surface area (Å²) in [6, 6.07) is 17.0. The minimum atomic E-state index is 0.437. The standard InChI is InChI=1S/C18H19N3/c1-2-21-17-10-6-5-9-16(17)20-18(21)14-11-13-7-3-4-8-15(13)19-12-14/h3-10,14,19H,2,11-12H2,1H3. The summed E-state index contributed by atoms with van der Waals surface area (Å²) in [6.45, 7) is 4.12. The molecule has 21 heavy (non-hydrogen) atoms. The van der Waals surface area contributed by atoms with Crippen LogP contribution in [-0.2, 0) is 13.0 Å². The number of imidazole rings is 1. The maximum atomic E-state index is 4.90. The quantitative estimate of drug-likeness (QED) is 0.772. The first-order chi connectivity index (χ1) is 10.4. The molecule has 106 valence electrons. The smallest absolute Gasteiger partial charge is 0.115 e. The summed E-state index contributed by atoms with van der Waals surface area (Å²) in [5.41, 5.74) is 5.01. The summed E-state index contributed by atoms with van der Waals surface area (Å²) in [4.78, 5) is 4.90. The summed E-state index contributed by atoms with van der Waals surface area (Å²) in [5, 5.41) is 3.55. The zero-order valence-electron chi connectivity index (χ0n) is 12.2. The SMILES string of the molecule is CCn1c(C2CNc3ccccc3C2)nc2ccccc21. The predicted octanol–water partition coefficient (Wildman–Crippen LogP) is 3.81. The van der Waals surface area contributed by atoms with Crippen molar-refractivity contribution in [2.24, 2.45) is 0 Å². The van der Waals surface area contributed by atoms with Gasteiger partial charge in [-0.25, -0.2) is 4.98 Å². The maximum absolute atomic E-state index is 4.90. The second-order valence-electron chi connectivity index (χ2n) is 5.64. The van der Waals surface area contributed by atoms with Gasteiger partial charge in [-0.05, 0) is 37.1 Å². The largest absolute Gasteiger partial charge is 0.384 e. The van der Waals surface area contributed by atoms with Crippen LogP contribution >= 0.6 is 0 Å². The molecule has 0 saturated heterocycles. The molecule has 0 bridgehead atoms. The number of para-hydroxylation sites is 3. The molecule has 1 aliphatic heterocycles. The number of hydrogen-bond acceptors (Lipinski definition) is 2. The van der Waals surface area contributed by atoms with Crippen LogP contribution in [0.5, 0.6) is 0 Å². The van der Waals surface area contributed by atoms with Gasteiger partial charge in [0.1, 0.15) is 5.82 Å².